The highest BCUT2D eigenvalue weighted by Crippen LogP contribution is 2.48. The van der Waals surface area contributed by atoms with Crippen molar-refractivity contribution in [2.45, 2.75) is 12.3 Å². The van der Waals surface area contributed by atoms with Gasteiger partial charge in [-0.05, 0) is 103 Å². The van der Waals surface area contributed by atoms with E-state index in [-0.39, 0.29) is 0 Å². The first-order valence-corrected chi connectivity index (χ1v) is 23.8. The quantitative estimate of drug-likeness (QED) is 0.173. The predicted octanol–water partition coefficient (Wildman–Crippen LogP) is 16.4. The van der Waals surface area contributed by atoms with E-state index in [2.05, 4.69) is 223 Å². The number of fused-ring (bicyclic) bond motifs is 14. The van der Waals surface area contributed by atoms with Crippen LogP contribution in [0.1, 0.15) is 17.0 Å². The molecule has 5 heteroatoms. The lowest BCUT2D eigenvalue weighted by Crippen LogP contribution is -2.05. The molecule has 322 valence electrons. The Bertz CT molecular complexity index is 4350. The minimum Gasteiger partial charge on any atom is -0.454 e. The molecule has 2 aliphatic rings. The van der Waals surface area contributed by atoms with Crippen molar-refractivity contribution in [3.63, 3.8) is 0 Å². The van der Waals surface area contributed by atoms with Gasteiger partial charge in [0.15, 0.2) is 23.1 Å². The van der Waals surface area contributed by atoms with Crippen LogP contribution in [0.3, 0.4) is 0 Å². The molecule has 0 radical (unpaired) electrons. The Labute approximate surface area is 397 Å². The Morgan fingerprint density at radius 2 is 1.09 bits per heavy atom. The van der Waals surface area contributed by atoms with Crippen LogP contribution >= 0.6 is 0 Å². The third-order valence-corrected chi connectivity index (χ3v) is 14.9. The molecule has 13 aromatic rings. The van der Waals surface area contributed by atoms with Crippen LogP contribution in [0.25, 0.3) is 127 Å². The lowest BCUT2D eigenvalue weighted by molar-refractivity contribution is 0.630. The second kappa shape index (κ2) is 14.8. The van der Waals surface area contributed by atoms with Crippen LogP contribution in [0.15, 0.2) is 223 Å². The minimum atomic E-state index is 0.330. The highest BCUT2D eigenvalue weighted by Gasteiger charge is 2.33. The number of furan rings is 1. The molecule has 3 heterocycles. The number of benzene rings is 10. The summed E-state index contributed by atoms with van der Waals surface area (Å²) in [6.07, 6.45) is 9.98. The normalized spacial score (nSPS) is 15.4. The van der Waals surface area contributed by atoms with Crippen molar-refractivity contribution in [2.75, 3.05) is 0 Å². The van der Waals surface area contributed by atoms with E-state index in [0.717, 1.165) is 83.7 Å². The van der Waals surface area contributed by atoms with E-state index in [1.807, 2.05) is 0 Å². The number of aromatic nitrogens is 4. The smallest absolute Gasteiger partial charge is 0.166 e. The van der Waals surface area contributed by atoms with Crippen molar-refractivity contribution in [2.24, 2.45) is 5.92 Å². The zero-order valence-corrected chi connectivity index (χ0v) is 37.3. The zero-order valence-electron chi connectivity index (χ0n) is 37.3. The monoisotopic (exact) mass is 880 g/mol. The van der Waals surface area contributed by atoms with Gasteiger partial charge in [0.25, 0.3) is 0 Å². The van der Waals surface area contributed by atoms with E-state index in [4.69, 9.17) is 19.4 Å². The molecule has 0 N–H and O–H groups in total. The summed E-state index contributed by atoms with van der Waals surface area (Å²) in [7, 11) is 0. The van der Waals surface area contributed by atoms with E-state index in [1.165, 1.54) is 43.4 Å². The number of nitrogens with zero attached hydrogens (tertiary/aromatic N) is 4. The van der Waals surface area contributed by atoms with Gasteiger partial charge in [0.2, 0.25) is 0 Å². The first-order chi connectivity index (χ1) is 34.2. The van der Waals surface area contributed by atoms with Crippen LogP contribution in [-0.2, 0) is 6.42 Å². The molecule has 15 rings (SSSR count). The van der Waals surface area contributed by atoms with Crippen LogP contribution in [0.5, 0.6) is 0 Å². The maximum atomic E-state index is 7.25. The zero-order chi connectivity index (χ0) is 45.2. The first-order valence-electron chi connectivity index (χ1n) is 23.8. The molecule has 0 saturated heterocycles. The summed E-state index contributed by atoms with van der Waals surface area (Å²) in [5.41, 5.74) is 12.4. The molecule has 2 aliphatic carbocycles. The van der Waals surface area contributed by atoms with Gasteiger partial charge in [-0.25, -0.2) is 15.0 Å². The molecule has 0 aliphatic heterocycles. The minimum absolute atomic E-state index is 0.330. The Balaban J connectivity index is 1.06. The summed E-state index contributed by atoms with van der Waals surface area (Å²) < 4.78 is 9.67. The molecular weight excluding hydrogens is 841 g/mol. The fraction of sp³-hybridized carbons (Fsp3) is 0.0469. The van der Waals surface area contributed by atoms with Gasteiger partial charge in [-0.2, -0.15) is 0 Å². The molecular formula is C64H40N4O. The molecule has 0 spiro atoms. The van der Waals surface area contributed by atoms with E-state index >= 15 is 0 Å². The highest BCUT2D eigenvalue weighted by molar-refractivity contribution is 6.25. The van der Waals surface area contributed by atoms with Gasteiger partial charge in [0.1, 0.15) is 11.3 Å². The average Bonchev–Trinajstić information content (AvgIpc) is 4.10. The van der Waals surface area contributed by atoms with Crippen molar-refractivity contribution in [3.05, 3.63) is 230 Å². The van der Waals surface area contributed by atoms with Gasteiger partial charge < -0.3 is 8.98 Å². The Hall–Kier alpha value is -8.93. The molecule has 3 aromatic heterocycles. The summed E-state index contributed by atoms with van der Waals surface area (Å²) in [6.45, 7) is 0. The summed E-state index contributed by atoms with van der Waals surface area (Å²) >= 11 is 0. The van der Waals surface area contributed by atoms with Gasteiger partial charge >= 0.3 is 0 Å². The first kappa shape index (κ1) is 38.2. The summed E-state index contributed by atoms with van der Waals surface area (Å²) in [5.74, 6) is 2.58. The van der Waals surface area contributed by atoms with E-state index < -0.39 is 0 Å². The van der Waals surface area contributed by atoms with Crippen molar-refractivity contribution in [1.29, 1.82) is 0 Å². The highest BCUT2D eigenvalue weighted by atomic mass is 16.3. The van der Waals surface area contributed by atoms with Gasteiger partial charge in [0, 0.05) is 44.2 Å². The van der Waals surface area contributed by atoms with Crippen LogP contribution in [0.4, 0.5) is 0 Å². The predicted molar refractivity (Wildman–Crippen MR) is 284 cm³/mol. The van der Waals surface area contributed by atoms with Crippen LogP contribution in [-0.4, -0.2) is 19.5 Å². The Morgan fingerprint density at radius 1 is 0.435 bits per heavy atom. The van der Waals surface area contributed by atoms with Crippen molar-refractivity contribution in [1.82, 2.24) is 19.5 Å². The number of allylic oxidation sites excluding steroid dienone is 4. The molecule has 0 bridgehead atoms. The van der Waals surface area contributed by atoms with Gasteiger partial charge in [-0.15, -0.1) is 0 Å². The standard InChI is InChI=1S/C64H40N4O/c1-2-13-38(14-3-1)39-25-27-42(28-26-39)62-65-63(50-24-12-23-49-46-20-9-8-19-45(46)36-53(49)50)67-64(66-62)52-32-31-51-59-48-22-11-7-16-41(48)30-34-57(59)69-61(51)60(52)68-55-33-29-40-15-6-10-21-47(40)58(55)54-35-43-17-4-5-18-44(43)37-56(54)68/h1-35,37,45-46H,36H2. The van der Waals surface area contributed by atoms with Crippen molar-refractivity contribution in [3.8, 4) is 51.0 Å². The number of hydrogen-bond acceptors (Lipinski definition) is 4. The van der Waals surface area contributed by atoms with E-state index in [9.17, 15) is 0 Å². The van der Waals surface area contributed by atoms with E-state index in [0.29, 0.717) is 29.3 Å². The Kier molecular flexibility index (Phi) is 8.19. The fourth-order valence-electron chi connectivity index (χ4n) is 11.7. The topological polar surface area (TPSA) is 56.7 Å². The lowest BCUT2D eigenvalue weighted by atomic mass is 9.89. The Morgan fingerprint density at radius 3 is 1.90 bits per heavy atom. The van der Waals surface area contributed by atoms with Gasteiger partial charge in [0.05, 0.1) is 11.0 Å². The molecule has 0 saturated carbocycles. The van der Waals surface area contributed by atoms with Crippen molar-refractivity contribution >= 4 is 76.1 Å². The maximum absolute atomic E-state index is 7.25. The maximum Gasteiger partial charge on any atom is 0.166 e. The molecule has 2 atom stereocenters. The molecule has 0 fully saturated rings. The van der Waals surface area contributed by atoms with Crippen molar-refractivity contribution < 1.29 is 4.42 Å². The molecule has 2 unspecified atom stereocenters. The van der Waals surface area contributed by atoms with Crippen LogP contribution < -0.4 is 0 Å². The number of rotatable bonds is 5. The molecule has 69 heavy (non-hydrogen) atoms. The summed E-state index contributed by atoms with van der Waals surface area (Å²) in [6, 6.07) is 69.7. The lowest BCUT2D eigenvalue weighted by Gasteiger charge is -2.16. The van der Waals surface area contributed by atoms with E-state index in [1.54, 1.807) is 0 Å². The molecule has 0 amide bonds. The second-order valence-electron chi connectivity index (χ2n) is 18.6. The van der Waals surface area contributed by atoms with Gasteiger partial charge in [-0.3, -0.25) is 0 Å². The average molecular weight is 881 g/mol. The van der Waals surface area contributed by atoms with Crippen LogP contribution in [0.2, 0.25) is 0 Å². The summed E-state index contributed by atoms with van der Waals surface area (Å²) in [5, 5.41) is 11.6. The third-order valence-electron chi connectivity index (χ3n) is 14.9. The fourth-order valence-corrected chi connectivity index (χ4v) is 11.7. The largest absolute Gasteiger partial charge is 0.454 e. The second-order valence-corrected chi connectivity index (χ2v) is 18.6. The molecule has 5 nitrogen and oxygen atoms in total. The van der Waals surface area contributed by atoms with Crippen LogP contribution in [0, 0.1) is 5.92 Å². The number of hydrogen-bond donors (Lipinski definition) is 0. The third kappa shape index (κ3) is 5.80. The molecule has 10 aromatic carbocycles. The SMILES string of the molecule is C1=CC2Cc3c(-c4nc(-c5ccc(-c6ccccc6)cc5)nc(-c5ccc6c(oc7ccc8ccccc8c76)c5-n5c6cc7ccccc7cc6c6c7ccccc7ccc65)n4)cccc3C2C=C1. The summed E-state index contributed by atoms with van der Waals surface area (Å²) in [4.78, 5) is 16.5. The van der Waals surface area contributed by atoms with Gasteiger partial charge in [-0.1, -0.05) is 182 Å².